The highest BCUT2D eigenvalue weighted by Gasteiger charge is 2.17. The number of hydrogen-bond donors (Lipinski definition) is 0. The Morgan fingerprint density at radius 3 is 2.48 bits per heavy atom. The first kappa shape index (κ1) is 15.0. The first-order valence-corrected chi connectivity index (χ1v) is 7.48. The van der Waals surface area contributed by atoms with Gasteiger partial charge in [0.25, 0.3) is 0 Å². The lowest BCUT2D eigenvalue weighted by Gasteiger charge is -2.08. The fraction of sp³-hybridized carbons (Fsp3) is 0.158. The van der Waals surface area contributed by atoms with E-state index in [9.17, 15) is 4.79 Å². The number of para-hydroxylation sites is 1. The lowest BCUT2D eigenvalue weighted by Crippen LogP contribution is -2.07. The molecular weight excluding hydrogens is 288 g/mol. The number of rotatable bonds is 4. The van der Waals surface area contributed by atoms with Gasteiger partial charge in [-0.05, 0) is 31.0 Å². The summed E-state index contributed by atoms with van der Waals surface area (Å²) in [5.74, 6) is -0.355. The summed E-state index contributed by atoms with van der Waals surface area (Å²) >= 11 is 0. The molecule has 2 aromatic carbocycles. The molecule has 0 aliphatic rings. The van der Waals surface area contributed by atoms with Crippen molar-refractivity contribution in [1.29, 1.82) is 0 Å². The molecule has 0 atom stereocenters. The lowest BCUT2D eigenvalue weighted by molar-refractivity contribution is 0.0472. The molecule has 4 nitrogen and oxygen atoms in total. The average molecular weight is 306 g/mol. The first-order chi connectivity index (χ1) is 11.2. The third-order valence-electron chi connectivity index (χ3n) is 3.79. The van der Waals surface area contributed by atoms with Crippen LogP contribution in [0.3, 0.4) is 0 Å². The molecule has 0 spiro atoms. The summed E-state index contributed by atoms with van der Waals surface area (Å²) in [6, 6.07) is 17.6. The number of hydrogen-bond acceptors (Lipinski definition) is 3. The van der Waals surface area contributed by atoms with Gasteiger partial charge in [0.05, 0.1) is 17.6 Å². The van der Waals surface area contributed by atoms with Gasteiger partial charge in [-0.1, -0.05) is 48.5 Å². The van der Waals surface area contributed by atoms with E-state index in [1.165, 1.54) is 0 Å². The zero-order chi connectivity index (χ0) is 16.2. The second-order valence-electron chi connectivity index (χ2n) is 5.40. The van der Waals surface area contributed by atoms with E-state index in [-0.39, 0.29) is 12.6 Å². The number of esters is 1. The van der Waals surface area contributed by atoms with Gasteiger partial charge in [0.15, 0.2) is 0 Å². The molecule has 1 heterocycles. The molecule has 1 aromatic heterocycles. The number of carbonyl (C=O) groups excluding carboxylic acids is 1. The van der Waals surface area contributed by atoms with Crippen LogP contribution in [0.4, 0.5) is 0 Å². The molecular formula is C19H18N2O2. The van der Waals surface area contributed by atoms with E-state index in [0.29, 0.717) is 5.56 Å². The molecule has 23 heavy (non-hydrogen) atoms. The van der Waals surface area contributed by atoms with Crippen molar-refractivity contribution in [1.82, 2.24) is 9.78 Å². The second-order valence-corrected chi connectivity index (χ2v) is 5.40. The smallest absolute Gasteiger partial charge is 0.341 e. The van der Waals surface area contributed by atoms with Crippen LogP contribution in [0.15, 0.2) is 60.8 Å². The maximum absolute atomic E-state index is 12.3. The molecule has 0 unspecified atom stereocenters. The number of aromatic nitrogens is 2. The van der Waals surface area contributed by atoms with Gasteiger partial charge in [-0.2, -0.15) is 5.10 Å². The van der Waals surface area contributed by atoms with Crippen LogP contribution in [0.1, 0.15) is 27.2 Å². The predicted molar refractivity (Wildman–Crippen MR) is 88.6 cm³/mol. The normalized spacial score (nSPS) is 10.5. The summed E-state index contributed by atoms with van der Waals surface area (Å²) in [5, 5.41) is 4.34. The van der Waals surface area contributed by atoms with Crippen LogP contribution in [0.5, 0.6) is 0 Å². The number of aryl methyl sites for hydroxylation is 1. The molecule has 0 fully saturated rings. The third kappa shape index (κ3) is 3.16. The van der Waals surface area contributed by atoms with E-state index in [0.717, 1.165) is 22.5 Å². The Hall–Kier alpha value is -2.88. The Bertz CT molecular complexity index is 822. The molecule has 0 radical (unpaired) electrons. The molecule has 0 saturated heterocycles. The summed E-state index contributed by atoms with van der Waals surface area (Å²) < 4.78 is 7.15. The highest BCUT2D eigenvalue weighted by atomic mass is 16.5. The monoisotopic (exact) mass is 306 g/mol. The molecule has 116 valence electrons. The minimum atomic E-state index is -0.355. The molecule has 0 aliphatic carbocycles. The van der Waals surface area contributed by atoms with Crippen molar-refractivity contribution >= 4 is 5.97 Å². The van der Waals surface area contributed by atoms with Crippen LogP contribution in [0, 0.1) is 13.8 Å². The summed E-state index contributed by atoms with van der Waals surface area (Å²) in [6.07, 6.45) is 1.56. The van der Waals surface area contributed by atoms with Crippen molar-refractivity contribution < 1.29 is 9.53 Å². The van der Waals surface area contributed by atoms with Gasteiger partial charge in [0.2, 0.25) is 0 Å². The fourth-order valence-corrected chi connectivity index (χ4v) is 2.45. The number of carbonyl (C=O) groups is 1. The average Bonchev–Trinajstić information content (AvgIpc) is 2.95. The van der Waals surface area contributed by atoms with Crippen molar-refractivity contribution in [3.8, 4) is 5.69 Å². The number of nitrogens with zero attached hydrogens (tertiary/aromatic N) is 2. The highest BCUT2D eigenvalue weighted by molar-refractivity contribution is 5.90. The largest absolute Gasteiger partial charge is 0.457 e. The van der Waals surface area contributed by atoms with E-state index in [2.05, 4.69) is 5.10 Å². The molecule has 0 saturated carbocycles. The van der Waals surface area contributed by atoms with E-state index < -0.39 is 0 Å². The zero-order valence-electron chi connectivity index (χ0n) is 13.2. The summed E-state index contributed by atoms with van der Waals surface area (Å²) in [5.41, 5.74) is 4.29. The van der Waals surface area contributed by atoms with Gasteiger partial charge in [0, 0.05) is 0 Å². The minimum absolute atomic E-state index is 0.259. The first-order valence-electron chi connectivity index (χ1n) is 7.48. The van der Waals surface area contributed by atoms with Crippen molar-refractivity contribution in [3.63, 3.8) is 0 Å². The quantitative estimate of drug-likeness (QED) is 0.688. The highest BCUT2D eigenvalue weighted by Crippen LogP contribution is 2.18. The minimum Gasteiger partial charge on any atom is -0.457 e. The van der Waals surface area contributed by atoms with Crippen LogP contribution in [-0.2, 0) is 11.3 Å². The van der Waals surface area contributed by atoms with E-state index >= 15 is 0 Å². The molecule has 4 heteroatoms. The van der Waals surface area contributed by atoms with Gasteiger partial charge in [-0.25, -0.2) is 9.48 Å². The van der Waals surface area contributed by atoms with Gasteiger partial charge in [0.1, 0.15) is 12.2 Å². The predicted octanol–water partition coefficient (Wildman–Crippen LogP) is 3.85. The van der Waals surface area contributed by atoms with Gasteiger partial charge >= 0.3 is 5.97 Å². The Morgan fingerprint density at radius 2 is 1.74 bits per heavy atom. The number of benzene rings is 2. The SMILES string of the molecule is Cc1ccccc1-n1ncc(C(=O)OCc2ccccc2)c1C. The molecule has 0 N–H and O–H groups in total. The summed E-state index contributed by atoms with van der Waals surface area (Å²) in [7, 11) is 0. The van der Waals surface area contributed by atoms with Crippen LogP contribution in [0.2, 0.25) is 0 Å². The van der Waals surface area contributed by atoms with E-state index in [1.807, 2.05) is 68.4 Å². The Kier molecular flexibility index (Phi) is 4.24. The van der Waals surface area contributed by atoms with Crippen LogP contribution in [0.25, 0.3) is 5.69 Å². The van der Waals surface area contributed by atoms with Gasteiger partial charge in [-0.15, -0.1) is 0 Å². The van der Waals surface area contributed by atoms with Crippen LogP contribution < -0.4 is 0 Å². The Balaban J connectivity index is 1.79. The number of ether oxygens (including phenoxy) is 1. The maximum atomic E-state index is 12.3. The van der Waals surface area contributed by atoms with Gasteiger partial charge in [-0.3, -0.25) is 0 Å². The maximum Gasteiger partial charge on any atom is 0.341 e. The molecule has 3 rings (SSSR count). The van der Waals surface area contributed by atoms with E-state index in [4.69, 9.17) is 4.74 Å². The summed E-state index contributed by atoms with van der Waals surface area (Å²) in [6.45, 7) is 4.15. The van der Waals surface area contributed by atoms with Crippen LogP contribution >= 0.6 is 0 Å². The second kappa shape index (κ2) is 6.48. The molecule has 0 bridgehead atoms. The summed E-state index contributed by atoms with van der Waals surface area (Å²) in [4.78, 5) is 12.3. The van der Waals surface area contributed by atoms with Crippen LogP contribution in [-0.4, -0.2) is 15.7 Å². The zero-order valence-corrected chi connectivity index (χ0v) is 13.2. The Labute approximate surface area is 135 Å². The molecule has 3 aromatic rings. The van der Waals surface area contributed by atoms with Crippen molar-refractivity contribution in [3.05, 3.63) is 83.2 Å². The standard InChI is InChI=1S/C19H18N2O2/c1-14-8-6-7-11-18(14)21-15(2)17(12-20-21)19(22)23-13-16-9-4-3-5-10-16/h3-12H,13H2,1-2H3. The van der Waals surface area contributed by atoms with Gasteiger partial charge < -0.3 is 4.74 Å². The Morgan fingerprint density at radius 1 is 1.04 bits per heavy atom. The topological polar surface area (TPSA) is 44.1 Å². The van der Waals surface area contributed by atoms with Crippen molar-refractivity contribution in [2.45, 2.75) is 20.5 Å². The fourth-order valence-electron chi connectivity index (χ4n) is 2.45. The van der Waals surface area contributed by atoms with Crippen molar-refractivity contribution in [2.75, 3.05) is 0 Å². The van der Waals surface area contributed by atoms with E-state index in [1.54, 1.807) is 10.9 Å². The third-order valence-corrected chi connectivity index (χ3v) is 3.79. The lowest BCUT2D eigenvalue weighted by atomic mass is 10.2. The van der Waals surface area contributed by atoms with Crippen molar-refractivity contribution in [2.24, 2.45) is 0 Å². The molecule has 0 aliphatic heterocycles. The molecule has 0 amide bonds.